The lowest BCUT2D eigenvalue weighted by atomic mass is 10.1. The summed E-state index contributed by atoms with van der Waals surface area (Å²) in [4.78, 5) is 13.2. The number of carboxylic acid groups (broad SMARTS) is 1. The largest absolute Gasteiger partial charge is 0.477 e. The minimum Gasteiger partial charge on any atom is -0.477 e. The van der Waals surface area contributed by atoms with E-state index in [0.717, 1.165) is 17.2 Å². The Morgan fingerprint density at radius 1 is 1.27 bits per heavy atom. The molecule has 0 aliphatic heterocycles. The molecule has 0 fully saturated rings. The quantitative estimate of drug-likeness (QED) is 0.732. The molecule has 2 aromatic rings. The fourth-order valence-electron chi connectivity index (χ4n) is 2.49. The van der Waals surface area contributed by atoms with Crippen molar-refractivity contribution in [2.45, 2.75) is 37.9 Å². The van der Waals surface area contributed by atoms with Gasteiger partial charge in [0.25, 0.3) is 0 Å². The predicted octanol–water partition coefficient (Wildman–Crippen LogP) is 2.04. The maximum atomic E-state index is 12.5. The molecule has 0 spiro atoms. The van der Waals surface area contributed by atoms with Crippen LogP contribution in [0.1, 0.15) is 35.5 Å². The number of aromatic nitrogens is 1. The van der Waals surface area contributed by atoms with Gasteiger partial charge in [0.15, 0.2) is 0 Å². The van der Waals surface area contributed by atoms with Crippen LogP contribution in [0.15, 0.2) is 41.4 Å². The number of carboxylic acids is 1. The lowest BCUT2D eigenvalue weighted by molar-refractivity contribution is 0.0686. The summed E-state index contributed by atoms with van der Waals surface area (Å²) in [6.45, 7) is 5.05. The molecule has 0 saturated heterocycles. The van der Waals surface area contributed by atoms with Gasteiger partial charge in [0.05, 0.1) is 0 Å². The molecular weight excluding hydrogens is 354 g/mol. The van der Waals surface area contributed by atoms with Gasteiger partial charge in [-0.1, -0.05) is 24.3 Å². The van der Waals surface area contributed by atoms with E-state index in [2.05, 4.69) is 23.5 Å². The zero-order chi connectivity index (χ0) is 19.5. The lowest BCUT2D eigenvalue weighted by Crippen LogP contribution is -2.27. The summed E-state index contributed by atoms with van der Waals surface area (Å²) in [6, 6.07) is 9.19. The summed E-state index contributed by atoms with van der Waals surface area (Å²) in [5.41, 5.74) is 1.85. The topological polar surface area (TPSA) is 91.6 Å². The molecule has 0 amide bonds. The summed E-state index contributed by atoms with van der Waals surface area (Å²) in [6.07, 6.45) is 1.30. The molecule has 8 heteroatoms. The average Bonchev–Trinajstić information content (AvgIpc) is 2.97. The van der Waals surface area contributed by atoms with Crippen molar-refractivity contribution in [2.24, 2.45) is 7.05 Å². The van der Waals surface area contributed by atoms with Crippen LogP contribution in [-0.4, -0.2) is 42.1 Å². The van der Waals surface area contributed by atoms with Crippen molar-refractivity contribution in [3.05, 3.63) is 53.3 Å². The molecule has 0 unspecified atom stereocenters. The fraction of sp³-hybridized carbons (Fsp3) is 0.389. The molecule has 0 aliphatic rings. The van der Waals surface area contributed by atoms with Gasteiger partial charge < -0.3 is 9.67 Å². The van der Waals surface area contributed by atoms with Gasteiger partial charge in [-0.2, -0.15) is 0 Å². The number of nitrogens with one attached hydrogen (secondary N) is 1. The van der Waals surface area contributed by atoms with E-state index in [1.807, 2.05) is 31.3 Å². The van der Waals surface area contributed by atoms with Gasteiger partial charge in [0.2, 0.25) is 10.0 Å². The van der Waals surface area contributed by atoms with Crippen LogP contribution in [0.3, 0.4) is 0 Å². The number of benzene rings is 1. The molecule has 0 aliphatic carbocycles. The van der Waals surface area contributed by atoms with Crippen LogP contribution in [0.25, 0.3) is 0 Å². The van der Waals surface area contributed by atoms with Crippen LogP contribution < -0.4 is 4.72 Å². The number of hydrogen-bond donors (Lipinski definition) is 2. The average molecular weight is 379 g/mol. The molecule has 0 atom stereocenters. The second-order valence-corrected chi connectivity index (χ2v) is 8.35. The third-order valence-electron chi connectivity index (χ3n) is 4.38. The summed E-state index contributed by atoms with van der Waals surface area (Å²) in [7, 11) is -0.287. The Morgan fingerprint density at radius 2 is 1.88 bits per heavy atom. The van der Waals surface area contributed by atoms with Gasteiger partial charge >= 0.3 is 5.97 Å². The van der Waals surface area contributed by atoms with Crippen LogP contribution in [0.4, 0.5) is 0 Å². The Hall–Kier alpha value is -2.16. The van der Waals surface area contributed by atoms with Gasteiger partial charge in [-0.15, -0.1) is 0 Å². The molecule has 7 nitrogen and oxygen atoms in total. The third-order valence-corrected chi connectivity index (χ3v) is 5.75. The zero-order valence-corrected chi connectivity index (χ0v) is 16.2. The third kappa shape index (κ3) is 4.72. The van der Waals surface area contributed by atoms with Crippen LogP contribution in [0, 0.1) is 0 Å². The molecular formula is C18H25N3O4S. The van der Waals surface area contributed by atoms with Crippen LogP contribution >= 0.6 is 0 Å². The second-order valence-electron chi connectivity index (χ2n) is 6.58. The number of hydrogen-bond acceptors (Lipinski definition) is 4. The molecule has 1 heterocycles. The molecule has 26 heavy (non-hydrogen) atoms. The highest BCUT2D eigenvalue weighted by Crippen LogP contribution is 2.16. The van der Waals surface area contributed by atoms with E-state index in [-0.39, 0.29) is 17.1 Å². The highest BCUT2D eigenvalue weighted by atomic mass is 32.2. The molecule has 0 saturated carbocycles. The van der Waals surface area contributed by atoms with E-state index in [1.165, 1.54) is 17.8 Å². The highest BCUT2D eigenvalue weighted by molar-refractivity contribution is 7.89. The Kier molecular flexibility index (Phi) is 6.22. The van der Waals surface area contributed by atoms with E-state index in [9.17, 15) is 13.2 Å². The summed E-state index contributed by atoms with van der Waals surface area (Å²) >= 11 is 0. The first kappa shape index (κ1) is 20.2. The van der Waals surface area contributed by atoms with E-state index < -0.39 is 16.0 Å². The summed E-state index contributed by atoms with van der Waals surface area (Å²) in [5.74, 6) is -1.17. The van der Waals surface area contributed by atoms with Crippen LogP contribution in [0.5, 0.6) is 0 Å². The second kappa shape index (κ2) is 8.03. The number of carbonyl (C=O) groups is 1. The van der Waals surface area contributed by atoms with Crippen molar-refractivity contribution in [3.8, 4) is 0 Å². The van der Waals surface area contributed by atoms with Crippen LogP contribution in [-0.2, 0) is 30.2 Å². The van der Waals surface area contributed by atoms with Gasteiger partial charge in [-0.05, 0) is 38.1 Å². The minimum atomic E-state index is -3.80. The maximum Gasteiger partial charge on any atom is 0.352 e. The Bertz CT molecular complexity index is 888. The Labute approximate surface area is 154 Å². The van der Waals surface area contributed by atoms with E-state index >= 15 is 0 Å². The molecule has 1 aromatic heterocycles. The highest BCUT2D eigenvalue weighted by Gasteiger charge is 2.20. The van der Waals surface area contributed by atoms with E-state index in [4.69, 9.17) is 5.11 Å². The smallest absolute Gasteiger partial charge is 0.352 e. The van der Waals surface area contributed by atoms with E-state index in [1.54, 1.807) is 0 Å². The first-order valence-electron chi connectivity index (χ1n) is 8.28. The summed E-state index contributed by atoms with van der Waals surface area (Å²) in [5, 5.41) is 9.08. The van der Waals surface area contributed by atoms with Crippen LogP contribution in [0.2, 0.25) is 0 Å². The van der Waals surface area contributed by atoms with Crippen molar-refractivity contribution >= 4 is 16.0 Å². The minimum absolute atomic E-state index is 0.0609. The molecule has 0 bridgehead atoms. The van der Waals surface area contributed by atoms with Crippen molar-refractivity contribution in [1.29, 1.82) is 0 Å². The zero-order valence-electron chi connectivity index (χ0n) is 15.4. The van der Waals surface area contributed by atoms with Crippen molar-refractivity contribution in [2.75, 3.05) is 7.05 Å². The standard InChI is InChI=1S/C18H25N3O4S/c1-13(2)20(3)11-15-8-6-5-7-14(15)10-19-26(24,25)16-9-17(18(22)23)21(4)12-16/h5-9,12-13,19H,10-11H2,1-4H3,(H,22,23). The predicted molar refractivity (Wildman–Crippen MR) is 99.4 cm³/mol. The molecule has 0 radical (unpaired) electrons. The Morgan fingerprint density at radius 3 is 2.42 bits per heavy atom. The van der Waals surface area contributed by atoms with Crippen molar-refractivity contribution in [3.63, 3.8) is 0 Å². The van der Waals surface area contributed by atoms with Crippen molar-refractivity contribution in [1.82, 2.24) is 14.2 Å². The first-order chi connectivity index (χ1) is 12.1. The molecule has 2 N–H and O–H groups in total. The number of rotatable bonds is 8. The first-order valence-corrected chi connectivity index (χ1v) is 9.76. The molecule has 2 rings (SSSR count). The molecule has 1 aromatic carbocycles. The van der Waals surface area contributed by atoms with Crippen molar-refractivity contribution < 1.29 is 18.3 Å². The maximum absolute atomic E-state index is 12.5. The monoisotopic (exact) mass is 379 g/mol. The van der Waals surface area contributed by atoms with Gasteiger partial charge in [-0.3, -0.25) is 4.90 Å². The number of aryl methyl sites for hydroxylation is 1. The number of aromatic carboxylic acids is 1. The number of nitrogens with zero attached hydrogens (tertiary/aromatic N) is 2. The lowest BCUT2D eigenvalue weighted by Gasteiger charge is -2.22. The normalized spacial score (nSPS) is 12.1. The fourth-order valence-corrected chi connectivity index (χ4v) is 3.56. The van der Waals surface area contributed by atoms with Gasteiger partial charge in [0, 0.05) is 32.4 Å². The summed E-state index contributed by atoms with van der Waals surface area (Å²) < 4.78 is 28.9. The van der Waals surface area contributed by atoms with Gasteiger partial charge in [0.1, 0.15) is 10.6 Å². The van der Waals surface area contributed by atoms with Gasteiger partial charge in [-0.25, -0.2) is 17.9 Å². The Balaban J connectivity index is 2.18. The molecule has 142 valence electrons. The SMILES string of the molecule is CC(C)N(C)Cc1ccccc1CNS(=O)(=O)c1cc(C(=O)O)n(C)c1. The number of sulfonamides is 1. The van der Waals surface area contributed by atoms with E-state index in [0.29, 0.717) is 12.6 Å².